The summed E-state index contributed by atoms with van der Waals surface area (Å²) >= 11 is 0. The van der Waals surface area contributed by atoms with E-state index in [1.807, 2.05) is 80.6 Å². The Bertz CT molecular complexity index is 1230. The van der Waals surface area contributed by atoms with Gasteiger partial charge in [-0.15, -0.1) is 0 Å². The largest absolute Gasteiger partial charge is 0.351 e. The van der Waals surface area contributed by atoms with Gasteiger partial charge in [-0.3, -0.25) is 19.6 Å². The van der Waals surface area contributed by atoms with Gasteiger partial charge in [0.1, 0.15) is 6.04 Å². The highest BCUT2D eigenvalue weighted by Crippen LogP contribution is 2.26. The van der Waals surface area contributed by atoms with Gasteiger partial charge in [-0.05, 0) is 53.0 Å². The highest BCUT2D eigenvalue weighted by molar-refractivity contribution is 5.91. The summed E-state index contributed by atoms with van der Waals surface area (Å²) in [4.78, 5) is 38.9. The molecule has 38 heavy (non-hydrogen) atoms. The van der Waals surface area contributed by atoms with Gasteiger partial charge >= 0.3 is 0 Å². The van der Waals surface area contributed by atoms with Crippen LogP contribution in [-0.2, 0) is 27.2 Å². The van der Waals surface area contributed by atoms with Crippen molar-refractivity contribution >= 4 is 17.7 Å². The van der Waals surface area contributed by atoms with Crippen LogP contribution in [0, 0.1) is 11.8 Å². The lowest BCUT2D eigenvalue weighted by molar-refractivity contribution is -0.136. The molecular weight excluding hydrogens is 478 g/mol. The quantitative estimate of drug-likeness (QED) is 0.239. The summed E-state index contributed by atoms with van der Waals surface area (Å²) < 4.78 is 0. The summed E-state index contributed by atoms with van der Waals surface area (Å²) in [7, 11) is 0. The minimum absolute atomic E-state index is 0.0606. The third kappa shape index (κ3) is 6.86. The molecule has 4 rings (SSSR count). The molecular formula is C31H35N3O4. The van der Waals surface area contributed by atoms with Crippen molar-refractivity contribution < 1.29 is 19.6 Å². The van der Waals surface area contributed by atoms with Crippen molar-refractivity contribution in [2.24, 2.45) is 11.8 Å². The Labute approximate surface area is 223 Å². The molecule has 0 saturated heterocycles. The van der Waals surface area contributed by atoms with Crippen LogP contribution in [0.5, 0.6) is 0 Å². The number of fused-ring (bicyclic) bond motifs is 1. The molecule has 1 unspecified atom stereocenters. The Morgan fingerprint density at radius 2 is 1.39 bits per heavy atom. The van der Waals surface area contributed by atoms with Gasteiger partial charge in [0.05, 0.1) is 0 Å². The maximum absolute atomic E-state index is 13.6. The van der Waals surface area contributed by atoms with Crippen LogP contribution in [0.3, 0.4) is 0 Å². The van der Waals surface area contributed by atoms with Crippen LogP contribution in [0.1, 0.15) is 49.4 Å². The molecule has 0 bridgehead atoms. The minimum Gasteiger partial charge on any atom is -0.351 e. The predicted molar refractivity (Wildman–Crippen MR) is 146 cm³/mol. The first-order valence-corrected chi connectivity index (χ1v) is 13.1. The molecule has 0 saturated carbocycles. The summed E-state index contributed by atoms with van der Waals surface area (Å²) in [5.74, 6) is -1.87. The molecule has 0 radical (unpaired) electrons. The molecule has 3 aromatic rings. The molecule has 0 fully saturated rings. The molecule has 7 nitrogen and oxygen atoms in total. The topological polar surface area (TPSA) is 108 Å². The van der Waals surface area contributed by atoms with Crippen LogP contribution in [0.25, 0.3) is 11.1 Å². The Balaban J connectivity index is 1.56. The van der Waals surface area contributed by atoms with Crippen molar-refractivity contribution in [3.63, 3.8) is 0 Å². The van der Waals surface area contributed by atoms with Crippen LogP contribution in [0.15, 0.2) is 78.9 Å². The summed E-state index contributed by atoms with van der Waals surface area (Å²) in [6.07, 6.45) is 1.75. The summed E-state index contributed by atoms with van der Waals surface area (Å²) in [5.41, 5.74) is 6.76. The number of carbonyl (C=O) groups excluding carboxylic acids is 3. The van der Waals surface area contributed by atoms with E-state index in [2.05, 4.69) is 22.8 Å². The first-order valence-electron chi connectivity index (χ1n) is 13.1. The first kappa shape index (κ1) is 27.1. The normalized spacial score (nSPS) is 14.4. The second-order valence-electron chi connectivity index (χ2n) is 10.4. The highest BCUT2D eigenvalue weighted by Gasteiger charge is 2.31. The number of rotatable bonds is 10. The molecule has 3 aromatic carbocycles. The lowest BCUT2D eigenvalue weighted by Gasteiger charge is -2.25. The number of carbonyl (C=O) groups is 3. The Kier molecular flexibility index (Phi) is 8.92. The van der Waals surface area contributed by atoms with E-state index in [0.29, 0.717) is 12.0 Å². The molecule has 198 valence electrons. The Morgan fingerprint density at radius 1 is 0.816 bits per heavy atom. The molecule has 0 aliphatic heterocycles. The first-order chi connectivity index (χ1) is 18.3. The lowest BCUT2D eigenvalue weighted by Crippen LogP contribution is -2.46. The zero-order valence-electron chi connectivity index (χ0n) is 21.8. The van der Waals surface area contributed by atoms with E-state index in [1.165, 1.54) is 11.1 Å². The van der Waals surface area contributed by atoms with E-state index in [4.69, 9.17) is 5.21 Å². The van der Waals surface area contributed by atoms with Gasteiger partial charge in [-0.2, -0.15) is 0 Å². The van der Waals surface area contributed by atoms with E-state index >= 15 is 0 Å². The van der Waals surface area contributed by atoms with Crippen LogP contribution >= 0.6 is 0 Å². The molecule has 7 heteroatoms. The number of nitrogens with one attached hydrogen (secondary N) is 3. The molecule has 0 spiro atoms. The average Bonchev–Trinajstić information content (AvgIpc) is 3.33. The van der Waals surface area contributed by atoms with Crippen LogP contribution < -0.4 is 16.1 Å². The fourth-order valence-electron chi connectivity index (χ4n) is 5.13. The van der Waals surface area contributed by atoms with Gasteiger partial charge in [0.2, 0.25) is 17.7 Å². The van der Waals surface area contributed by atoms with Gasteiger partial charge in [0.15, 0.2) is 0 Å². The van der Waals surface area contributed by atoms with Crippen molar-refractivity contribution in [2.45, 2.75) is 51.6 Å². The third-order valence-corrected chi connectivity index (χ3v) is 6.98. The van der Waals surface area contributed by atoms with Crippen LogP contribution in [-0.4, -0.2) is 29.0 Å². The predicted octanol–water partition coefficient (Wildman–Crippen LogP) is 4.35. The van der Waals surface area contributed by atoms with Crippen molar-refractivity contribution in [1.82, 2.24) is 16.1 Å². The number of hydroxylamine groups is 1. The van der Waals surface area contributed by atoms with Crippen LogP contribution in [0.2, 0.25) is 0 Å². The highest BCUT2D eigenvalue weighted by atomic mass is 16.5. The Hall–Kier alpha value is -3.97. The van der Waals surface area contributed by atoms with Crippen LogP contribution in [0.4, 0.5) is 0 Å². The van der Waals surface area contributed by atoms with E-state index < -0.39 is 23.8 Å². The number of benzene rings is 3. The second kappa shape index (κ2) is 12.5. The number of amides is 3. The molecule has 2 atom stereocenters. The molecule has 1 aliphatic carbocycles. The average molecular weight is 514 g/mol. The molecule has 0 heterocycles. The number of hydrogen-bond acceptors (Lipinski definition) is 4. The minimum atomic E-state index is -0.928. The SMILES string of the molecule is CC(C)C[C@H](CC(=O)NO)C(=O)NC(C(=O)NC1Cc2ccccc2C1)c1ccc(-c2ccccc2)cc1. The maximum Gasteiger partial charge on any atom is 0.247 e. The van der Waals surface area contributed by atoms with E-state index in [9.17, 15) is 14.4 Å². The fraction of sp³-hybridized carbons (Fsp3) is 0.323. The summed E-state index contributed by atoms with van der Waals surface area (Å²) in [6.45, 7) is 3.92. The zero-order valence-corrected chi connectivity index (χ0v) is 21.8. The second-order valence-corrected chi connectivity index (χ2v) is 10.4. The molecule has 1 aliphatic rings. The van der Waals surface area contributed by atoms with Gasteiger partial charge < -0.3 is 10.6 Å². The lowest BCUT2D eigenvalue weighted by atomic mass is 9.92. The van der Waals surface area contributed by atoms with Crippen molar-refractivity contribution in [1.29, 1.82) is 0 Å². The summed E-state index contributed by atoms with van der Waals surface area (Å²) in [6, 6.07) is 24.7. The molecule has 4 N–H and O–H groups in total. The van der Waals surface area contributed by atoms with Crippen molar-refractivity contribution in [3.05, 3.63) is 95.6 Å². The van der Waals surface area contributed by atoms with E-state index in [0.717, 1.165) is 24.0 Å². The molecule has 3 amide bonds. The van der Waals surface area contributed by atoms with Gasteiger partial charge in [-0.25, -0.2) is 5.48 Å². The van der Waals surface area contributed by atoms with E-state index in [-0.39, 0.29) is 24.3 Å². The smallest absolute Gasteiger partial charge is 0.247 e. The summed E-state index contributed by atoms with van der Waals surface area (Å²) in [5, 5.41) is 15.1. The monoisotopic (exact) mass is 513 g/mol. The van der Waals surface area contributed by atoms with Crippen molar-refractivity contribution in [3.8, 4) is 11.1 Å². The zero-order chi connectivity index (χ0) is 27.1. The van der Waals surface area contributed by atoms with Gasteiger partial charge in [-0.1, -0.05) is 92.7 Å². The van der Waals surface area contributed by atoms with Gasteiger partial charge in [0, 0.05) is 18.4 Å². The van der Waals surface area contributed by atoms with E-state index in [1.54, 1.807) is 5.48 Å². The van der Waals surface area contributed by atoms with Gasteiger partial charge in [0.25, 0.3) is 0 Å². The number of hydrogen-bond donors (Lipinski definition) is 4. The standard InChI is InChI=1S/C31H35N3O4/c1-20(2)16-26(19-28(35)34-38)30(36)33-29(23-14-12-22(13-15-23)21-8-4-3-5-9-21)31(37)32-27-17-24-10-6-7-11-25(24)18-27/h3-15,20,26-27,29,38H,16-19H2,1-2H3,(H,32,37)(H,33,36)(H,34,35)/t26-,29?/m1/s1. The fourth-order valence-corrected chi connectivity index (χ4v) is 5.13. The Morgan fingerprint density at radius 3 is 1.97 bits per heavy atom. The third-order valence-electron chi connectivity index (χ3n) is 6.98. The molecule has 0 aromatic heterocycles. The van der Waals surface area contributed by atoms with Crippen molar-refractivity contribution in [2.75, 3.05) is 0 Å². The maximum atomic E-state index is 13.6.